The Labute approximate surface area is 74.4 Å². The Morgan fingerprint density at radius 2 is 2.31 bits per heavy atom. The lowest BCUT2D eigenvalue weighted by Crippen LogP contribution is -1.99. The molecule has 0 spiro atoms. The molecule has 1 heterocycles. The van der Waals surface area contributed by atoms with Crippen LogP contribution in [0.3, 0.4) is 0 Å². The van der Waals surface area contributed by atoms with Gasteiger partial charge in [-0.3, -0.25) is 0 Å². The number of carboxylic acids is 1. The van der Waals surface area contributed by atoms with Crippen molar-refractivity contribution in [3.63, 3.8) is 0 Å². The Hall–Kier alpha value is -1.84. The minimum atomic E-state index is -0.922. The van der Waals surface area contributed by atoms with Crippen LogP contribution in [0, 0.1) is 0 Å². The first-order valence-electron chi connectivity index (χ1n) is 3.83. The van der Waals surface area contributed by atoms with Gasteiger partial charge >= 0.3 is 5.97 Å². The van der Waals surface area contributed by atoms with Gasteiger partial charge in [-0.15, -0.1) is 0 Å². The number of aromatic nitrogens is 2. The smallest absolute Gasteiger partial charge is 0.337 e. The quantitative estimate of drug-likeness (QED) is 0.711. The first-order valence-corrected chi connectivity index (χ1v) is 3.83. The molecule has 0 amide bonds. The molecule has 2 rings (SSSR count). The van der Waals surface area contributed by atoms with E-state index in [0.29, 0.717) is 11.0 Å². The molecule has 0 bridgehead atoms. The molecule has 13 heavy (non-hydrogen) atoms. The molecule has 0 unspecified atom stereocenters. The zero-order valence-electron chi connectivity index (χ0n) is 7.06. The van der Waals surface area contributed by atoms with Crippen molar-refractivity contribution < 1.29 is 9.90 Å². The van der Waals surface area contributed by atoms with Crippen LogP contribution in [0.4, 0.5) is 0 Å². The summed E-state index contributed by atoms with van der Waals surface area (Å²) in [5.41, 5.74) is 1.66. The molecule has 4 nitrogen and oxygen atoms in total. The van der Waals surface area contributed by atoms with E-state index in [0.717, 1.165) is 0 Å². The molecule has 0 aliphatic rings. The summed E-state index contributed by atoms with van der Waals surface area (Å²) in [5.74, 6) is -0.922. The number of aromatic carboxylic acids is 1. The predicted molar refractivity (Wildman–Crippen MR) is 47.7 cm³/mol. The molecular formula is C9H8N2O2. The first-order chi connectivity index (χ1) is 6.20. The summed E-state index contributed by atoms with van der Waals surface area (Å²) in [6.45, 7) is 0. The molecule has 0 saturated heterocycles. The van der Waals surface area contributed by atoms with Gasteiger partial charge in [-0.25, -0.2) is 9.78 Å². The summed E-state index contributed by atoms with van der Waals surface area (Å²) >= 11 is 0. The Balaban J connectivity index is 2.88. The Morgan fingerprint density at radius 1 is 1.54 bits per heavy atom. The second-order valence-corrected chi connectivity index (χ2v) is 2.83. The lowest BCUT2D eigenvalue weighted by Gasteiger charge is -1.98. The average molecular weight is 176 g/mol. The topological polar surface area (TPSA) is 55.1 Å². The maximum absolute atomic E-state index is 10.8. The van der Waals surface area contributed by atoms with E-state index in [1.54, 1.807) is 36.1 Å². The van der Waals surface area contributed by atoms with E-state index in [1.807, 2.05) is 0 Å². The first kappa shape index (κ1) is 7.79. The predicted octanol–water partition coefficient (Wildman–Crippen LogP) is 1.27. The minimum absolute atomic E-state index is 0.289. The molecule has 0 fully saturated rings. The SMILES string of the molecule is Cn1cnc2cccc(C(=O)O)c21. The highest BCUT2D eigenvalue weighted by Gasteiger charge is 2.10. The number of carbonyl (C=O) groups is 1. The van der Waals surface area contributed by atoms with Crippen LogP contribution in [-0.4, -0.2) is 20.6 Å². The number of nitrogens with zero attached hydrogens (tertiary/aromatic N) is 2. The normalized spacial score (nSPS) is 10.5. The van der Waals surface area contributed by atoms with Crippen molar-refractivity contribution in [1.82, 2.24) is 9.55 Å². The summed E-state index contributed by atoms with van der Waals surface area (Å²) < 4.78 is 1.71. The second kappa shape index (κ2) is 2.58. The van der Waals surface area contributed by atoms with Gasteiger partial charge in [0.05, 0.1) is 22.9 Å². The minimum Gasteiger partial charge on any atom is -0.478 e. The van der Waals surface area contributed by atoms with Crippen molar-refractivity contribution in [2.75, 3.05) is 0 Å². The lowest BCUT2D eigenvalue weighted by atomic mass is 10.2. The number of benzene rings is 1. The molecule has 66 valence electrons. The third-order valence-corrected chi connectivity index (χ3v) is 1.97. The monoisotopic (exact) mass is 176 g/mol. The van der Waals surface area contributed by atoms with E-state index in [4.69, 9.17) is 5.11 Å². The van der Waals surface area contributed by atoms with Gasteiger partial charge in [0, 0.05) is 7.05 Å². The third kappa shape index (κ3) is 1.07. The van der Waals surface area contributed by atoms with Crippen molar-refractivity contribution in [2.24, 2.45) is 7.05 Å². The lowest BCUT2D eigenvalue weighted by molar-refractivity contribution is 0.0698. The molecule has 0 atom stereocenters. The molecular weight excluding hydrogens is 168 g/mol. The fourth-order valence-corrected chi connectivity index (χ4v) is 1.39. The fourth-order valence-electron chi connectivity index (χ4n) is 1.39. The van der Waals surface area contributed by atoms with Gasteiger partial charge in [-0.1, -0.05) is 6.07 Å². The summed E-state index contributed by atoms with van der Waals surface area (Å²) in [5, 5.41) is 8.88. The molecule has 1 aromatic carbocycles. The maximum Gasteiger partial charge on any atom is 0.337 e. The standard InChI is InChI=1S/C9H8N2O2/c1-11-5-10-7-4-2-3-6(8(7)11)9(12)13/h2-5H,1H3,(H,12,13). The Kier molecular flexibility index (Phi) is 1.55. The number of hydrogen-bond acceptors (Lipinski definition) is 2. The maximum atomic E-state index is 10.8. The van der Waals surface area contributed by atoms with E-state index in [9.17, 15) is 4.79 Å². The van der Waals surface area contributed by atoms with Crippen LogP contribution in [0.15, 0.2) is 24.5 Å². The van der Waals surface area contributed by atoms with Crippen LogP contribution in [0.2, 0.25) is 0 Å². The van der Waals surface area contributed by atoms with Crippen LogP contribution in [0.5, 0.6) is 0 Å². The summed E-state index contributed by atoms with van der Waals surface area (Å²) in [6.07, 6.45) is 1.61. The zero-order valence-corrected chi connectivity index (χ0v) is 7.06. The van der Waals surface area contributed by atoms with Gasteiger partial charge in [0.15, 0.2) is 0 Å². The number of hydrogen-bond donors (Lipinski definition) is 1. The number of imidazole rings is 1. The fraction of sp³-hybridized carbons (Fsp3) is 0.111. The molecule has 4 heteroatoms. The highest BCUT2D eigenvalue weighted by Crippen LogP contribution is 2.16. The highest BCUT2D eigenvalue weighted by atomic mass is 16.4. The van der Waals surface area contributed by atoms with E-state index in [-0.39, 0.29) is 5.56 Å². The van der Waals surface area contributed by atoms with Crippen LogP contribution < -0.4 is 0 Å². The number of rotatable bonds is 1. The third-order valence-electron chi connectivity index (χ3n) is 1.97. The summed E-state index contributed by atoms with van der Waals surface area (Å²) in [7, 11) is 1.78. The van der Waals surface area contributed by atoms with E-state index < -0.39 is 5.97 Å². The van der Waals surface area contributed by atoms with Crippen LogP contribution in [0.1, 0.15) is 10.4 Å². The Morgan fingerprint density at radius 3 is 3.00 bits per heavy atom. The molecule has 2 aromatic rings. The largest absolute Gasteiger partial charge is 0.478 e. The summed E-state index contributed by atoms with van der Waals surface area (Å²) in [4.78, 5) is 14.9. The van der Waals surface area contributed by atoms with Crippen molar-refractivity contribution >= 4 is 17.0 Å². The van der Waals surface area contributed by atoms with Gasteiger partial charge in [0.1, 0.15) is 0 Å². The summed E-state index contributed by atoms with van der Waals surface area (Å²) in [6, 6.07) is 5.06. The molecule has 1 N–H and O–H groups in total. The van der Waals surface area contributed by atoms with Crippen molar-refractivity contribution in [3.8, 4) is 0 Å². The number of fused-ring (bicyclic) bond motifs is 1. The van der Waals surface area contributed by atoms with Crippen LogP contribution in [-0.2, 0) is 7.05 Å². The highest BCUT2D eigenvalue weighted by molar-refractivity contribution is 6.00. The van der Waals surface area contributed by atoms with Crippen molar-refractivity contribution in [3.05, 3.63) is 30.1 Å². The zero-order chi connectivity index (χ0) is 9.42. The van der Waals surface area contributed by atoms with Crippen molar-refractivity contribution in [2.45, 2.75) is 0 Å². The number of para-hydroxylation sites is 1. The van der Waals surface area contributed by atoms with Crippen LogP contribution in [0.25, 0.3) is 11.0 Å². The molecule has 0 aliphatic carbocycles. The van der Waals surface area contributed by atoms with Gasteiger partial charge in [0.25, 0.3) is 0 Å². The van der Waals surface area contributed by atoms with Crippen LogP contribution >= 0.6 is 0 Å². The molecule has 0 saturated carbocycles. The number of aryl methyl sites for hydroxylation is 1. The average Bonchev–Trinajstić information content (AvgIpc) is 2.48. The molecule has 1 aromatic heterocycles. The Bertz CT molecular complexity index is 473. The second-order valence-electron chi connectivity index (χ2n) is 2.83. The van der Waals surface area contributed by atoms with Gasteiger partial charge in [-0.2, -0.15) is 0 Å². The molecule has 0 radical (unpaired) electrons. The molecule has 0 aliphatic heterocycles. The van der Waals surface area contributed by atoms with Gasteiger partial charge < -0.3 is 9.67 Å². The van der Waals surface area contributed by atoms with Crippen molar-refractivity contribution in [1.29, 1.82) is 0 Å². The number of carboxylic acid groups (broad SMARTS) is 1. The van der Waals surface area contributed by atoms with E-state index in [2.05, 4.69) is 4.98 Å². The van der Waals surface area contributed by atoms with E-state index >= 15 is 0 Å². The van der Waals surface area contributed by atoms with Gasteiger partial charge in [0.2, 0.25) is 0 Å². The van der Waals surface area contributed by atoms with E-state index in [1.165, 1.54) is 0 Å². The van der Waals surface area contributed by atoms with Gasteiger partial charge in [-0.05, 0) is 12.1 Å².